The van der Waals surface area contributed by atoms with Crippen molar-refractivity contribution < 1.29 is 4.74 Å². The van der Waals surface area contributed by atoms with Crippen LogP contribution in [-0.2, 0) is 0 Å². The summed E-state index contributed by atoms with van der Waals surface area (Å²) in [5.74, 6) is 0.610. The molecule has 1 aromatic heterocycles. The molecular formula is C11H7Br2N3OS. The van der Waals surface area contributed by atoms with Crippen LogP contribution in [0.1, 0.15) is 5.69 Å². The van der Waals surface area contributed by atoms with Gasteiger partial charge in [0.15, 0.2) is 0 Å². The van der Waals surface area contributed by atoms with Crippen molar-refractivity contribution in [3.63, 3.8) is 0 Å². The Hall–Kier alpha value is -1.05. The topological polar surface area (TPSA) is 61.0 Å². The van der Waals surface area contributed by atoms with Crippen molar-refractivity contribution in [1.29, 1.82) is 0 Å². The molecule has 0 atom stereocenters. The van der Waals surface area contributed by atoms with E-state index in [2.05, 4.69) is 41.8 Å². The van der Waals surface area contributed by atoms with Gasteiger partial charge in [0.1, 0.15) is 16.4 Å². The van der Waals surface area contributed by atoms with Gasteiger partial charge in [-0.2, -0.15) is 4.98 Å². The first-order chi connectivity index (χ1) is 8.56. The number of hydrogen-bond donors (Lipinski definition) is 1. The van der Waals surface area contributed by atoms with Crippen molar-refractivity contribution >= 4 is 49.1 Å². The minimum Gasteiger partial charge on any atom is -0.423 e. The second-order valence-electron chi connectivity index (χ2n) is 3.27. The average molecular weight is 389 g/mol. The van der Waals surface area contributed by atoms with Crippen LogP contribution in [0, 0.1) is 0 Å². The van der Waals surface area contributed by atoms with Crippen LogP contribution in [0.2, 0.25) is 0 Å². The maximum Gasteiger partial charge on any atom is 0.322 e. The number of thiocarbonyl (C=S) groups is 1. The molecular weight excluding hydrogens is 382 g/mol. The monoisotopic (exact) mass is 387 g/mol. The van der Waals surface area contributed by atoms with Gasteiger partial charge in [-0.3, -0.25) is 0 Å². The lowest BCUT2D eigenvalue weighted by molar-refractivity contribution is 0.438. The van der Waals surface area contributed by atoms with Crippen LogP contribution in [-0.4, -0.2) is 15.0 Å². The first-order valence-corrected chi connectivity index (χ1v) is 6.81. The van der Waals surface area contributed by atoms with Gasteiger partial charge in [-0.05, 0) is 40.2 Å². The Morgan fingerprint density at radius 1 is 1.28 bits per heavy atom. The summed E-state index contributed by atoms with van der Waals surface area (Å²) in [5, 5.41) is 0. The van der Waals surface area contributed by atoms with Crippen molar-refractivity contribution in [2.45, 2.75) is 0 Å². The summed E-state index contributed by atoms with van der Waals surface area (Å²) < 4.78 is 7.29. The molecule has 1 aromatic carbocycles. The predicted molar refractivity (Wildman–Crippen MR) is 79.8 cm³/mol. The highest BCUT2D eigenvalue weighted by atomic mass is 79.9. The van der Waals surface area contributed by atoms with E-state index in [9.17, 15) is 0 Å². The minimum absolute atomic E-state index is 0.198. The SMILES string of the molecule is NC(=S)c1ccnc(Oc2ccc(Br)cc2Br)n1. The van der Waals surface area contributed by atoms with E-state index in [0.717, 1.165) is 8.95 Å². The summed E-state index contributed by atoms with van der Waals surface area (Å²) in [4.78, 5) is 8.30. The van der Waals surface area contributed by atoms with Crippen molar-refractivity contribution in [1.82, 2.24) is 9.97 Å². The lowest BCUT2D eigenvalue weighted by Crippen LogP contribution is -2.12. The van der Waals surface area contributed by atoms with Gasteiger partial charge in [-0.15, -0.1) is 0 Å². The number of nitrogens with two attached hydrogens (primary N) is 1. The molecule has 18 heavy (non-hydrogen) atoms. The molecule has 0 amide bonds. The van der Waals surface area contributed by atoms with Crippen LogP contribution in [0.15, 0.2) is 39.4 Å². The molecule has 2 N–H and O–H groups in total. The van der Waals surface area contributed by atoms with Gasteiger partial charge in [0.25, 0.3) is 0 Å². The number of benzene rings is 1. The Kier molecular flexibility index (Phi) is 4.26. The molecule has 0 radical (unpaired) electrons. The Balaban J connectivity index is 2.28. The van der Waals surface area contributed by atoms with Crippen molar-refractivity contribution in [3.8, 4) is 11.8 Å². The van der Waals surface area contributed by atoms with E-state index in [0.29, 0.717) is 11.4 Å². The minimum atomic E-state index is 0.198. The Morgan fingerprint density at radius 2 is 2.06 bits per heavy atom. The highest BCUT2D eigenvalue weighted by molar-refractivity contribution is 9.11. The Bertz CT molecular complexity index is 607. The summed E-state index contributed by atoms with van der Waals surface area (Å²) in [6.07, 6.45) is 1.55. The molecule has 0 aliphatic heterocycles. The van der Waals surface area contributed by atoms with E-state index in [1.165, 1.54) is 0 Å². The molecule has 0 bridgehead atoms. The Morgan fingerprint density at radius 3 is 2.72 bits per heavy atom. The van der Waals surface area contributed by atoms with E-state index >= 15 is 0 Å². The van der Waals surface area contributed by atoms with Crippen LogP contribution in [0.5, 0.6) is 11.8 Å². The van der Waals surface area contributed by atoms with Crippen LogP contribution in [0.25, 0.3) is 0 Å². The van der Waals surface area contributed by atoms with E-state index in [4.69, 9.17) is 22.7 Å². The molecule has 0 spiro atoms. The van der Waals surface area contributed by atoms with Crippen LogP contribution in [0.4, 0.5) is 0 Å². The predicted octanol–water partition coefficient (Wildman–Crippen LogP) is 3.43. The lowest BCUT2D eigenvalue weighted by Gasteiger charge is -2.06. The van der Waals surface area contributed by atoms with Gasteiger partial charge >= 0.3 is 6.01 Å². The van der Waals surface area contributed by atoms with Crippen LogP contribution in [0.3, 0.4) is 0 Å². The number of halogens is 2. The zero-order valence-electron chi connectivity index (χ0n) is 8.93. The summed E-state index contributed by atoms with van der Waals surface area (Å²) >= 11 is 11.6. The third kappa shape index (κ3) is 3.24. The van der Waals surface area contributed by atoms with Gasteiger partial charge < -0.3 is 10.5 Å². The fraction of sp³-hybridized carbons (Fsp3) is 0. The summed E-state index contributed by atoms with van der Waals surface area (Å²) in [6.45, 7) is 0. The molecule has 92 valence electrons. The molecule has 0 saturated carbocycles. The smallest absolute Gasteiger partial charge is 0.322 e. The summed E-state index contributed by atoms with van der Waals surface area (Å²) in [6, 6.07) is 7.35. The van der Waals surface area contributed by atoms with Crippen molar-refractivity contribution in [2.24, 2.45) is 5.73 Å². The molecule has 2 rings (SSSR count). The molecule has 0 fully saturated rings. The largest absolute Gasteiger partial charge is 0.423 e. The summed E-state index contributed by atoms with van der Waals surface area (Å²) in [7, 11) is 0. The van der Waals surface area contributed by atoms with E-state index in [1.54, 1.807) is 18.3 Å². The van der Waals surface area contributed by atoms with Gasteiger partial charge in [-0.1, -0.05) is 28.1 Å². The van der Waals surface area contributed by atoms with Crippen molar-refractivity contribution in [3.05, 3.63) is 45.1 Å². The van der Waals surface area contributed by atoms with E-state index in [1.807, 2.05) is 12.1 Å². The van der Waals surface area contributed by atoms with Gasteiger partial charge in [0.2, 0.25) is 0 Å². The standard InChI is InChI=1S/C11H7Br2N3OS/c12-6-1-2-9(7(13)5-6)17-11-15-4-3-8(16-11)10(14)18/h1-5H,(H2,14,18). The number of aromatic nitrogens is 2. The van der Waals surface area contributed by atoms with E-state index < -0.39 is 0 Å². The molecule has 1 heterocycles. The van der Waals surface area contributed by atoms with Gasteiger partial charge in [0, 0.05) is 10.7 Å². The zero-order chi connectivity index (χ0) is 13.1. The molecule has 2 aromatic rings. The Labute approximate surface area is 126 Å². The quantitative estimate of drug-likeness (QED) is 0.816. The third-order valence-corrected chi connectivity index (χ3v) is 3.30. The zero-order valence-corrected chi connectivity index (χ0v) is 12.9. The molecule has 0 aliphatic carbocycles. The normalized spacial score (nSPS) is 10.1. The summed E-state index contributed by atoms with van der Waals surface area (Å²) in [5.41, 5.74) is 5.97. The second kappa shape index (κ2) is 5.73. The first kappa shape index (κ1) is 13.4. The van der Waals surface area contributed by atoms with Crippen LogP contribution >= 0.6 is 44.1 Å². The molecule has 0 saturated heterocycles. The molecule has 4 nitrogen and oxygen atoms in total. The van der Waals surface area contributed by atoms with Crippen LogP contribution < -0.4 is 10.5 Å². The maximum absolute atomic E-state index is 5.55. The highest BCUT2D eigenvalue weighted by Gasteiger charge is 2.07. The number of rotatable bonds is 3. The average Bonchev–Trinajstić information content (AvgIpc) is 2.33. The number of nitrogens with zero attached hydrogens (tertiary/aromatic N) is 2. The molecule has 0 unspecified atom stereocenters. The molecule has 0 aliphatic rings. The second-order valence-corrected chi connectivity index (χ2v) is 5.48. The fourth-order valence-electron chi connectivity index (χ4n) is 1.18. The molecule has 7 heteroatoms. The number of ether oxygens (including phenoxy) is 1. The number of hydrogen-bond acceptors (Lipinski definition) is 4. The van der Waals surface area contributed by atoms with Gasteiger partial charge in [-0.25, -0.2) is 4.98 Å². The lowest BCUT2D eigenvalue weighted by atomic mass is 10.3. The van der Waals surface area contributed by atoms with Gasteiger partial charge in [0.05, 0.1) is 4.47 Å². The van der Waals surface area contributed by atoms with E-state index in [-0.39, 0.29) is 11.0 Å². The van der Waals surface area contributed by atoms with Crippen molar-refractivity contribution in [2.75, 3.05) is 0 Å². The fourth-order valence-corrected chi connectivity index (χ4v) is 2.43. The first-order valence-electron chi connectivity index (χ1n) is 4.82. The highest BCUT2D eigenvalue weighted by Crippen LogP contribution is 2.30. The maximum atomic E-state index is 5.55. The third-order valence-electron chi connectivity index (χ3n) is 1.98.